The highest BCUT2D eigenvalue weighted by atomic mass is 35.5. The van der Waals surface area contributed by atoms with Crippen LogP contribution in [0.4, 0.5) is 0 Å². The van der Waals surface area contributed by atoms with Gasteiger partial charge < -0.3 is 9.64 Å². The number of likely N-dealkylation sites (tertiary alicyclic amines) is 1. The third-order valence-corrected chi connectivity index (χ3v) is 6.29. The monoisotopic (exact) mass is 433 g/mol. The lowest BCUT2D eigenvalue weighted by molar-refractivity contribution is -0.145. The second-order valence-corrected chi connectivity index (χ2v) is 8.17. The van der Waals surface area contributed by atoms with Crippen LogP contribution in [-0.4, -0.2) is 29.9 Å². The first-order valence-electron chi connectivity index (χ1n) is 10.3. The zero-order valence-electron chi connectivity index (χ0n) is 17.5. The molecule has 3 aromatic rings. The molecule has 31 heavy (non-hydrogen) atoms. The van der Waals surface area contributed by atoms with Crippen LogP contribution in [0, 0.1) is 6.92 Å². The fourth-order valence-corrected chi connectivity index (χ4v) is 4.61. The van der Waals surface area contributed by atoms with Crippen molar-refractivity contribution in [2.45, 2.75) is 31.8 Å². The molecule has 1 amide bonds. The van der Waals surface area contributed by atoms with E-state index in [1.807, 2.05) is 60.7 Å². The van der Waals surface area contributed by atoms with E-state index < -0.39 is 12.0 Å². The number of aryl methyl sites for hydroxylation is 1. The maximum atomic E-state index is 13.6. The molecule has 0 aliphatic carbocycles. The molecule has 0 spiro atoms. The van der Waals surface area contributed by atoms with Gasteiger partial charge in [-0.2, -0.15) is 0 Å². The topological polar surface area (TPSA) is 46.6 Å². The fraction of sp³-hybridized carbons (Fsp3) is 0.231. The number of amides is 1. The quantitative estimate of drug-likeness (QED) is 0.486. The van der Waals surface area contributed by atoms with Crippen LogP contribution in [-0.2, 0) is 9.53 Å². The van der Waals surface area contributed by atoms with Crippen molar-refractivity contribution in [3.63, 3.8) is 0 Å². The number of halogens is 1. The number of hydrogen-bond acceptors (Lipinski definition) is 3. The maximum absolute atomic E-state index is 13.6. The summed E-state index contributed by atoms with van der Waals surface area (Å²) in [5.74, 6) is -0.603. The fourth-order valence-electron chi connectivity index (χ4n) is 4.35. The summed E-state index contributed by atoms with van der Waals surface area (Å²) in [6.07, 6.45) is 1.19. The molecule has 5 heteroatoms. The lowest BCUT2D eigenvalue weighted by Crippen LogP contribution is -2.42. The first-order chi connectivity index (χ1) is 15.0. The first-order valence-corrected chi connectivity index (χ1v) is 10.7. The highest BCUT2D eigenvalue weighted by Gasteiger charge is 2.43. The lowest BCUT2D eigenvalue weighted by Gasteiger charge is -2.30. The van der Waals surface area contributed by atoms with Gasteiger partial charge in [0, 0.05) is 10.6 Å². The van der Waals surface area contributed by atoms with Crippen LogP contribution in [0.15, 0.2) is 72.8 Å². The number of carbonyl (C=O) groups excluding carboxylic acids is 2. The molecule has 3 aromatic carbocycles. The first kappa shape index (κ1) is 21.1. The molecule has 0 N–H and O–H groups in total. The average molecular weight is 434 g/mol. The minimum absolute atomic E-state index is 0.200. The van der Waals surface area contributed by atoms with E-state index in [0.717, 1.165) is 16.7 Å². The van der Waals surface area contributed by atoms with Crippen LogP contribution < -0.4 is 0 Å². The molecule has 1 heterocycles. The van der Waals surface area contributed by atoms with Gasteiger partial charge in [0.05, 0.1) is 13.2 Å². The van der Waals surface area contributed by atoms with E-state index in [0.29, 0.717) is 23.4 Å². The summed E-state index contributed by atoms with van der Waals surface area (Å²) in [4.78, 5) is 27.6. The molecule has 1 saturated heterocycles. The van der Waals surface area contributed by atoms with Gasteiger partial charge in [-0.15, -0.1) is 0 Å². The Morgan fingerprint density at radius 2 is 1.61 bits per heavy atom. The van der Waals surface area contributed by atoms with Crippen LogP contribution in [0.1, 0.15) is 40.4 Å². The second-order valence-electron chi connectivity index (χ2n) is 7.76. The van der Waals surface area contributed by atoms with Gasteiger partial charge in [-0.1, -0.05) is 66.2 Å². The van der Waals surface area contributed by atoms with Crippen LogP contribution >= 0.6 is 11.6 Å². The smallest absolute Gasteiger partial charge is 0.328 e. The summed E-state index contributed by atoms with van der Waals surface area (Å²) < 4.78 is 4.99. The summed E-state index contributed by atoms with van der Waals surface area (Å²) in [5.41, 5.74) is 4.73. The lowest BCUT2D eigenvalue weighted by atomic mass is 9.99. The van der Waals surface area contributed by atoms with Gasteiger partial charge in [-0.25, -0.2) is 4.79 Å². The number of nitrogens with zero attached hydrogens (tertiary/aromatic N) is 1. The Balaban J connectivity index is 1.68. The maximum Gasteiger partial charge on any atom is 0.328 e. The zero-order chi connectivity index (χ0) is 22.0. The van der Waals surface area contributed by atoms with Crippen LogP contribution in [0.2, 0.25) is 5.02 Å². The molecule has 0 saturated carbocycles. The zero-order valence-corrected chi connectivity index (χ0v) is 18.3. The minimum atomic E-state index is -0.630. The molecule has 4 nitrogen and oxygen atoms in total. The molecule has 2 atom stereocenters. The van der Waals surface area contributed by atoms with Crippen molar-refractivity contribution in [1.29, 1.82) is 0 Å². The number of rotatable bonds is 4. The predicted octanol–water partition coefficient (Wildman–Crippen LogP) is 5.83. The van der Waals surface area contributed by atoms with Crippen molar-refractivity contribution in [3.05, 3.63) is 94.5 Å². The molecule has 1 aliphatic rings. The molecular formula is C26H24ClNO3. The highest BCUT2D eigenvalue weighted by molar-refractivity contribution is 6.31. The normalized spacial score (nSPS) is 18.1. The third kappa shape index (κ3) is 4.08. The van der Waals surface area contributed by atoms with Crippen molar-refractivity contribution in [1.82, 2.24) is 4.90 Å². The minimum Gasteiger partial charge on any atom is -0.467 e. The Bertz CT molecular complexity index is 1110. The second kappa shape index (κ2) is 8.94. The Morgan fingerprint density at radius 1 is 0.935 bits per heavy atom. The Labute approximate surface area is 187 Å². The van der Waals surface area contributed by atoms with E-state index in [1.54, 1.807) is 4.90 Å². The third-order valence-electron chi connectivity index (χ3n) is 5.95. The van der Waals surface area contributed by atoms with Crippen LogP contribution in [0.25, 0.3) is 11.1 Å². The Morgan fingerprint density at radius 3 is 2.29 bits per heavy atom. The van der Waals surface area contributed by atoms with Crippen molar-refractivity contribution in [2.24, 2.45) is 0 Å². The van der Waals surface area contributed by atoms with E-state index in [4.69, 9.17) is 16.3 Å². The van der Waals surface area contributed by atoms with Gasteiger partial charge >= 0.3 is 5.97 Å². The summed E-state index contributed by atoms with van der Waals surface area (Å²) >= 11 is 6.43. The number of methoxy groups -OCH3 is 1. The van der Waals surface area contributed by atoms with Crippen molar-refractivity contribution in [2.75, 3.05) is 7.11 Å². The van der Waals surface area contributed by atoms with Gasteiger partial charge in [0.1, 0.15) is 6.04 Å². The number of esters is 1. The standard InChI is InChI=1S/C26H24ClNO3/c1-17-7-3-4-8-20(17)18-11-13-19(14-12-18)25(29)28-23(15-16-24(28)26(30)31-2)21-9-5-6-10-22(21)27/h3-14,23-24H,15-16H2,1-2H3/t23-,24+/m1/s1. The van der Waals surface area contributed by atoms with E-state index in [9.17, 15) is 9.59 Å². The molecule has 158 valence electrons. The van der Waals surface area contributed by atoms with Crippen LogP contribution in [0.5, 0.6) is 0 Å². The number of hydrogen-bond donors (Lipinski definition) is 0. The van der Waals surface area contributed by atoms with E-state index in [1.165, 1.54) is 12.7 Å². The SMILES string of the molecule is COC(=O)[C@@H]1CC[C@H](c2ccccc2Cl)N1C(=O)c1ccc(-c2ccccc2C)cc1. The molecule has 1 aliphatic heterocycles. The summed E-state index contributed by atoms with van der Waals surface area (Å²) in [7, 11) is 1.35. The van der Waals surface area contributed by atoms with Gasteiger partial charge in [0.2, 0.25) is 0 Å². The molecule has 4 rings (SSSR count). The van der Waals surface area contributed by atoms with Gasteiger partial charge in [0.25, 0.3) is 5.91 Å². The highest BCUT2D eigenvalue weighted by Crippen LogP contribution is 2.40. The van der Waals surface area contributed by atoms with Crippen molar-refractivity contribution in [3.8, 4) is 11.1 Å². The van der Waals surface area contributed by atoms with E-state index in [2.05, 4.69) is 19.1 Å². The molecule has 0 unspecified atom stereocenters. The largest absolute Gasteiger partial charge is 0.467 e. The van der Waals surface area contributed by atoms with Gasteiger partial charge in [-0.3, -0.25) is 4.79 Å². The van der Waals surface area contributed by atoms with Gasteiger partial charge in [0.15, 0.2) is 0 Å². The predicted molar refractivity (Wildman–Crippen MR) is 122 cm³/mol. The van der Waals surface area contributed by atoms with Crippen molar-refractivity contribution < 1.29 is 14.3 Å². The molecule has 0 bridgehead atoms. The number of benzene rings is 3. The van der Waals surface area contributed by atoms with Crippen LogP contribution in [0.3, 0.4) is 0 Å². The number of ether oxygens (including phenoxy) is 1. The van der Waals surface area contributed by atoms with E-state index in [-0.39, 0.29) is 11.9 Å². The van der Waals surface area contributed by atoms with Gasteiger partial charge in [-0.05, 0) is 60.2 Å². The Hall–Kier alpha value is -3.11. The molecule has 1 fully saturated rings. The summed E-state index contributed by atoms with van der Waals surface area (Å²) in [6, 6.07) is 22.2. The number of carbonyl (C=O) groups is 2. The summed E-state index contributed by atoms with van der Waals surface area (Å²) in [6.45, 7) is 2.06. The van der Waals surface area contributed by atoms with E-state index >= 15 is 0 Å². The summed E-state index contributed by atoms with van der Waals surface area (Å²) in [5, 5.41) is 0.589. The average Bonchev–Trinajstić information content (AvgIpc) is 3.24. The van der Waals surface area contributed by atoms with Crippen molar-refractivity contribution >= 4 is 23.5 Å². The molecule has 0 radical (unpaired) electrons. The Kier molecular flexibility index (Phi) is 6.10. The molecule has 0 aromatic heterocycles. The molecular weight excluding hydrogens is 410 g/mol.